The van der Waals surface area contributed by atoms with Gasteiger partial charge >= 0.3 is 0 Å². The Labute approximate surface area is 185 Å². The van der Waals surface area contributed by atoms with Gasteiger partial charge in [0.1, 0.15) is 5.82 Å². The van der Waals surface area contributed by atoms with Gasteiger partial charge in [0.2, 0.25) is 0 Å². The highest BCUT2D eigenvalue weighted by atomic mass is 32.2. The van der Waals surface area contributed by atoms with Gasteiger partial charge in [0.15, 0.2) is 9.84 Å². The summed E-state index contributed by atoms with van der Waals surface area (Å²) in [6.07, 6.45) is -0.707. The van der Waals surface area contributed by atoms with Crippen LogP contribution in [0.5, 0.6) is 0 Å². The number of aromatic nitrogens is 1. The third kappa shape index (κ3) is 4.50. The highest BCUT2D eigenvalue weighted by molar-refractivity contribution is 7.91. The van der Waals surface area contributed by atoms with Crippen molar-refractivity contribution in [1.29, 1.82) is 0 Å². The fourth-order valence-corrected chi connectivity index (χ4v) is 5.15. The Hall–Kier alpha value is -2.87. The molecule has 0 fully saturated rings. The maximum Gasteiger partial charge on any atom is 0.266 e. The molecule has 1 aliphatic rings. The molecule has 0 saturated carbocycles. The molecule has 1 aliphatic heterocycles. The summed E-state index contributed by atoms with van der Waals surface area (Å²) >= 11 is 0. The highest BCUT2D eigenvalue weighted by Gasteiger charge is 2.21. The molecule has 8 heteroatoms. The molecule has 1 atom stereocenters. The lowest BCUT2D eigenvalue weighted by molar-refractivity contribution is 0.146. The number of alkyl halides is 2. The average Bonchev–Trinajstić information content (AvgIpc) is 2.73. The van der Waals surface area contributed by atoms with E-state index >= 15 is 0 Å². The van der Waals surface area contributed by atoms with Crippen molar-refractivity contribution >= 4 is 32.0 Å². The number of hydrogen-bond acceptors (Lipinski definition) is 4. The Morgan fingerprint density at radius 2 is 1.84 bits per heavy atom. The zero-order valence-corrected chi connectivity index (χ0v) is 18.5. The van der Waals surface area contributed by atoms with Gasteiger partial charge in [-0.1, -0.05) is 30.3 Å². The van der Waals surface area contributed by atoms with Crippen molar-refractivity contribution in [2.75, 3.05) is 16.8 Å². The van der Waals surface area contributed by atoms with Gasteiger partial charge in [-0.25, -0.2) is 21.6 Å². The third-order valence-corrected chi connectivity index (χ3v) is 7.21. The molecular formula is C24H23F3N2O2S. The summed E-state index contributed by atoms with van der Waals surface area (Å²) in [6, 6.07) is 11.0. The van der Waals surface area contributed by atoms with Crippen molar-refractivity contribution in [3.63, 3.8) is 0 Å². The Morgan fingerprint density at radius 1 is 1.09 bits per heavy atom. The molecule has 0 saturated heterocycles. The fraction of sp³-hybridized carbons (Fsp3) is 0.292. The van der Waals surface area contributed by atoms with Crippen LogP contribution in [0.1, 0.15) is 48.2 Å². The monoisotopic (exact) mass is 460 g/mol. The van der Waals surface area contributed by atoms with E-state index in [0.29, 0.717) is 12.1 Å². The minimum Gasteiger partial charge on any atom is -0.378 e. The third-order valence-electron chi connectivity index (χ3n) is 5.71. The summed E-state index contributed by atoms with van der Waals surface area (Å²) < 4.78 is 64.4. The van der Waals surface area contributed by atoms with Gasteiger partial charge in [-0.05, 0) is 49.6 Å². The van der Waals surface area contributed by atoms with E-state index in [0.717, 1.165) is 33.8 Å². The van der Waals surface area contributed by atoms with Crippen LogP contribution in [0.3, 0.4) is 0 Å². The molecule has 2 aromatic carbocycles. The first kappa shape index (κ1) is 22.3. The molecule has 168 valence electrons. The van der Waals surface area contributed by atoms with Gasteiger partial charge < -0.3 is 5.32 Å². The fourth-order valence-electron chi connectivity index (χ4n) is 4.00. The zero-order chi connectivity index (χ0) is 23.0. The predicted octanol–water partition coefficient (Wildman–Crippen LogP) is 5.99. The summed E-state index contributed by atoms with van der Waals surface area (Å²) in [5.74, 6) is -0.772. The topological polar surface area (TPSA) is 59.1 Å². The van der Waals surface area contributed by atoms with E-state index in [2.05, 4.69) is 10.3 Å². The minimum atomic E-state index is -3.03. The van der Waals surface area contributed by atoms with Gasteiger partial charge in [-0.2, -0.15) is 0 Å². The van der Waals surface area contributed by atoms with Crippen LogP contribution in [0.15, 0.2) is 48.5 Å². The highest BCUT2D eigenvalue weighted by Crippen LogP contribution is 2.33. The summed E-state index contributed by atoms with van der Waals surface area (Å²) in [4.78, 5) is 4.55. The van der Waals surface area contributed by atoms with E-state index in [9.17, 15) is 21.6 Å². The number of sulfone groups is 1. The first-order valence-electron chi connectivity index (χ1n) is 10.3. The molecule has 0 bridgehead atoms. The number of nitrogens with zero attached hydrogens (tertiary/aromatic N) is 1. The van der Waals surface area contributed by atoms with E-state index in [1.165, 1.54) is 12.1 Å². The molecule has 1 unspecified atom stereocenters. The molecule has 0 aliphatic carbocycles. The largest absolute Gasteiger partial charge is 0.378 e. The van der Waals surface area contributed by atoms with Crippen molar-refractivity contribution in [2.24, 2.45) is 0 Å². The quantitative estimate of drug-likeness (QED) is 0.508. The number of fused-ring (bicyclic) bond motifs is 1. The van der Waals surface area contributed by atoms with Crippen LogP contribution in [-0.2, 0) is 9.84 Å². The summed E-state index contributed by atoms with van der Waals surface area (Å²) in [6.45, 7) is 3.56. The number of benzene rings is 2. The summed E-state index contributed by atoms with van der Waals surface area (Å²) in [5, 5.41) is 4.04. The van der Waals surface area contributed by atoms with Crippen molar-refractivity contribution in [3.05, 3.63) is 76.7 Å². The Bertz CT molecular complexity index is 1320. The van der Waals surface area contributed by atoms with Gasteiger partial charge in [0.05, 0.1) is 28.6 Å². The summed E-state index contributed by atoms with van der Waals surface area (Å²) in [7, 11) is -3.03. The second-order valence-corrected chi connectivity index (χ2v) is 10.3. The van der Waals surface area contributed by atoms with Crippen molar-refractivity contribution in [1.82, 2.24) is 4.98 Å². The molecule has 0 amide bonds. The van der Waals surface area contributed by atoms with Crippen LogP contribution in [0.4, 0.5) is 18.9 Å². The van der Waals surface area contributed by atoms with E-state index in [-0.39, 0.29) is 17.1 Å². The molecule has 4 nitrogen and oxygen atoms in total. The van der Waals surface area contributed by atoms with E-state index in [1.54, 1.807) is 13.0 Å². The molecule has 0 radical (unpaired) electrons. The SMILES string of the molecule is Cc1cc(NC(C)c2cccc(C(F)F)c2F)c2cc(C3=CCS(=O)(=O)CC3)ccc2n1. The predicted molar refractivity (Wildman–Crippen MR) is 121 cm³/mol. The van der Waals surface area contributed by atoms with E-state index in [4.69, 9.17) is 0 Å². The number of allylic oxidation sites excluding steroid dienone is 1. The number of halogens is 3. The standard InChI is InChI=1S/C24H23F3N2O2S/c1-14-12-22(29-15(2)18-4-3-5-19(23(18)25)24(26)27)20-13-17(6-7-21(20)28-14)16-8-10-32(30,31)11-9-16/h3-8,12-13,15,24H,9-11H2,1-2H3,(H,28,29). The van der Waals surface area contributed by atoms with Crippen molar-refractivity contribution < 1.29 is 21.6 Å². The first-order chi connectivity index (χ1) is 15.1. The van der Waals surface area contributed by atoms with Gasteiger partial charge in [-0.3, -0.25) is 4.98 Å². The molecule has 1 aromatic heterocycles. The number of anilines is 1. The van der Waals surface area contributed by atoms with Crippen LogP contribution in [0.25, 0.3) is 16.5 Å². The Kier molecular flexibility index (Phi) is 5.99. The van der Waals surface area contributed by atoms with Gasteiger partial charge in [0.25, 0.3) is 6.43 Å². The number of hydrogen-bond donors (Lipinski definition) is 1. The van der Waals surface area contributed by atoms with Crippen LogP contribution in [0.2, 0.25) is 0 Å². The molecule has 4 rings (SSSR count). The summed E-state index contributed by atoms with van der Waals surface area (Å²) in [5.41, 5.74) is 3.58. The van der Waals surface area contributed by atoms with Gasteiger partial charge in [0, 0.05) is 22.3 Å². The molecular weight excluding hydrogens is 437 g/mol. The second-order valence-electron chi connectivity index (χ2n) is 8.05. The normalized spacial score (nSPS) is 16.8. The maximum absolute atomic E-state index is 14.7. The molecule has 2 heterocycles. The maximum atomic E-state index is 14.7. The van der Waals surface area contributed by atoms with Crippen LogP contribution >= 0.6 is 0 Å². The first-order valence-corrected chi connectivity index (χ1v) is 12.1. The van der Waals surface area contributed by atoms with Crippen LogP contribution in [-0.4, -0.2) is 24.9 Å². The van der Waals surface area contributed by atoms with Crippen molar-refractivity contribution in [3.8, 4) is 0 Å². The molecule has 32 heavy (non-hydrogen) atoms. The van der Waals surface area contributed by atoms with Crippen molar-refractivity contribution in [2.45, 2.75) is 32.7 Å². The Balaban J connectivity index is 1.72. The van der Waals surface area contributed by atoms with E-state index < -0.39 is 33.7 Å². The smallest absolute Gasteiger partial charge is 0.266 e. The lowest BCUT2D eigenvalue weighted by Crippen LogP contribution is -2.15. The van der Waals surface area contributed by atoms with Crippen LogP contribution < -0.4 is 5.32 Å². The van der Waals surface area contributed by atoms with E-state index in [1.807, 2.05) is 31.2 Å². The molecule has 3 aromatic rings. The number of pyridine rings is 1. The minimum absolute atomic E-state index is 0.0222. The van der Waals surface area contributed by atoms with Gasteiger partial charge in [-0.15, -0.1) is 0 Å². The number of aryl methyl sites for hydroxylation is 1. The number of nitrogens with one attached hydrogen (secondary N) is 1. The molecule has 1 N–H and O–H groups in total. The number of rotatable bonds is 5. The average molecular weight is 461 g/mol. The Morgan fingerprint density at radius 3 is 2.53 bits per heavy atom. The second kappa shape index (κ2) is 8.58. The molecule has 0 spiro atoms. The zero-order valence-electron chi connectivity index (χ0n) is 17.7. The lowest BCUT2D eigenvalue weighted by atomic mass is 9.99. The van der Waals surface area contributed by atoms with Crippen LogP contribution in [0, 0.1) is 12.7 Å². The lowest BCUT2D eigenvalue weighted by Gasteiger charge is -2.20.